The fraction of sp³-hybridized carbons (Fsp3) is 0.400. The summed E-state index contributed by atoms with van der Waals surface area (Å²) in [6, 6.07) is 6.16. The molecular formula is C20H22N4O4. The van der Waals surface area contributed by atoms with Crippen LogP contribution in [0, 0.1) is 0 Å². The molecule has 2 aliphatic heterocycles. The molecule has 0 spiro atoms. The normalized spacial score (nSPS) is 17.5. The summed E-state index contributed by atoms with van der Waals surface area (Å²) in [6.07, 6.45) is 1.94. The average Bonchev–Trinajstić information content (AvgIpc) is 3.32. The SMILES string of the molecule is CC(C(=O)N1CCc2nc(-c3cccc(C(=O)O)c3)[nH]c2C1)N1CCCC1=O. The monoisotopic (exact) mass is 382 g/mol. The standard InChI is InChI=1S/C20H22N4O4/c1-12(24-8-3-6-17(24)25)19(26)23-9-7-15-16(11-23)22-18(21-15)13-4-2-5-14(10-13)20(27)28/h2,4-5,10,12H,3,6-9,11H2,1H3,(H,21,22)(H,27,28). The number of likely N-dealkylation sites (tertiary alicyclic amines) is 1. The molecule has 1 fully saturated rings. The molecule has 8 heteroatoms. The number of aromatic carboxylic acids is 1. The van der Waals surface area contributed by atoms with Gasteiger partial charge in [0, 0.05) is 31.5 Å². The molecule has 8 nitrogen and oxygen atoms in total. The van der Waals surface area contributed by atoms with Crippen LogP contribution in [0.25, 0.3) is 11.4 Å². The number of hydrogen-bond donors (Lipinski definition) is 2. The highest BCUT2D eigenvalue weighted by Crippen LogP contribution is 2.25. The molecule has 1 saturated heterocycles. The van der Waals surface area contributed by atoms with E-state index in [2.05, 4.69) is 9.97 Å². The Kier molecular flexibility index (Phi) is 4.62. The molecule has 0 bridgehead atoms. The number of aromatic amines is 1. The number of hydrogen-bond acceptors (Lipinski definition) is 4. The number of nitrogens with one attached hydrogen (secondary N) is 1. The lowest BCUT2D eigenvalue weighted by Gasteiger charge is -2.32. The van der Waals surface area contributed by atoms with Gasteiger partial charge in [0.15, 0.2) is 0 Å². The van der Waals surface area contributed by atoms with E-state index in [4.69, 9.17) is 0 Å². The fourth-order valence-corrected chi connectivity index (χ4v) is 3.89. The molecule has 0 saturated carbocycles. The molecule has 4 rings (SSSR count). The number of amides is 2. The van der Waals surface area contributed by atoms with E-state index in [1.165, 1.54) is 6.07 Å². The van der Waals surface area contributed by atoms with Crippen molar-refractivity contribution in [1.82, 2.24) is 19.8 Å². The highest BCUT2D eigenvalue weighted by Gasteiger charge is 2.33. The number of fused-ring (bicyclic) bond motifs is 1. The van der Waals surface area contributed by atoms with Gasteiger partial charge in [0.1, 0.15) is 11.9 Å². The van der Waals surface area contributed by atoms with Gasteiger partial charge in [-0.2, -0.15) is 0 Å². The Hall–Kier alpha value is -3.16. The van der Waals surface area contributed by atoms with E-state index in [0.29, 0.717) is 43.9 Å². The lowest BCUT2D eigenvalue weighted by atomic mass is 10.1. The van der Waals surface area contributed by atoms with E-state index in [0.717, 1.165) is 17.8 Å². The number of carboxylic acids is 1. The number of imidazole rings is 1. The van der Waals surface area contributed by atoms with Gasteiger partial charge in [-0.15, -0.1) is 0 Å². The minimum atomic E-state index is -0.986. The number of aromatic nitrogens is 2. The Morgan fingerprint density at radius 2 is 2.07 bits per heavy atom. The van der Waals surface area contributed by atoms with Crippen molar-refractivity contribution in [2.45, 2.75) is 38.8 Å². The second kappa shape index (κ2) is 7.10. The van der Waals surface area contributed by atoms with Gasteiger partial charge in [-0.25, -0.2) is 9.78 Å². The summed E-state index contributed by atoms with van der Waals surface area (Å²) in [5, 5.41) is 9.17. The zero-order valence-corrected chi connectivity index (χ0v) is 15.6. The molecule has 0 aliphatic carbocycles. The van der Waals surface area contributed by atoms with Crippen LogP contribution in [0.15, 0.2) is 24.3 Å². The van der Waals surface area contributed by atoms with Crippen molar-refractivity contribution in [1.29, 1.82) is 0 Å². The fourth-order valence-electron chi connectivity index (χ4n) is 3.89. The molecule has 146 valence electrons. The van der Waals surface area contributed by atoms with Gasteiger partial charge < -0.3 is 19.9 Å². The average molecular weight is 382 g/mol. The smallest absolute Gasteiger partial charge is 0.335 e. The van der Waals surface area contributed by atoms with Gasteiger partial charge in [0.05, 0.1) is 23.5 Å². The molecule has 2 aliphatic rings. The third-order valence-electron chi connectivity index (χ3n) is 5.46. The van der Waals surface area contributed by atoms with Crippen molar-refractivity contribution in [3.63, 3.8) is 0 Å². The van der Waals surface area contributed by atoms with Crippen molar-refractivity contribution in [3.05, 3.63) is 41.2 Å². The van der Waals surface area contributed by atoms with E-state index in [-0.39, 0.29) is 17.4 Å². The van der Waals surface area contributed by atoms with E-state index in [1.54, 1.807) is 34.9 Å². The molecule has 28 heavy (non-hydrogen) atoms. The minimum absolute atomic E-state index is 0.0423. The highest BCUT2D eigenvalue weighted by molar-refractivity contribution is 5.89. The van der Waals surface area contributed by atoms with Gasteiger partial charge in [-0.3, -0.25) is 9.59 Å². The molecule has 0 radical (unpaired) electrons. The third kappa shape index (κ3) is 3.26. The van der Waals surface area contributed by atoms with Crippen molar-refractivity contribution < 1.29 is 19.5 Å². The number of rotatable bonds is 4. The molecule has 2 N–H and O–H groups in total. The highest BCUT2D eigenvalue weighted by atomic mass is 16.4. The second-order valence-corrected chi connectivity index (χ2v) is 7.27. The van der Waals surface area contributed by atoms with Crippen LogP contribution >= 0.6 is 0 Å². The molecule has 2 amide bonds. The molecule has 1 aromatic carbocycles. The van der Waals surface area contributed by atoms with Crippen LogP contribution in [0.1, 0.15) is 41.5 Å². The Morgan fingerprint density at radius 3 is 2.79 bits per heavy atom. The maximum absolute atomic E-state index is 12.9. The van der Waals surface area contributed by atoms with Gasteiger partial charge in [0.2, 0.25) is 11.8 Å². The predicted octanol–water partition coefficient (Wildman–Crippen LogP) is 1.67. The first-order valence-electron chi connectivity index (χ1n) is 9.44. The Morgan fingerprint density at radius 1 is 1.25 bits per heavy atom. The van der Waals surface area contributed by atoms with Crippen LogP contribution < -0.4 is 0 Å². The number of H-pyrrole nitrogens is 1. The first-order valence-corrected chi connectivity index (χ1v) is 9.44. The van der Waals surface area contributed by atoms with Crippen LogP contribution in [0.5, 0.6) is 0 Å². The first kappa shape index (κ1) is 18.2. The number of benzene rings is 1. The van der Waals surface area contributed by atoms with Crippen LogP contribution in [0.3, 0.4) is 0 Å². The van der Waals surface area contributed by atoms with Crippen LogP contribution in [-0.4, -0.2) is 61.8 Å². The third-order valence-corrected chi connectivity index (χ3v) is 5.46. The largest absolute Gasteiger partial charge is 0.478 e. The van der Waals surface area contributed by atoms with Crippen LogP contribution in [0.2, 0.25) is 0 Å². The zero-order valence-electron chi connectivity index (χ0n) is 15.6. The number of carbonyl (C=O) groups excluding carboxylic acids is 2. The summed E-state index contributed by atoms with van der Waals surface area (Å²) >= 11 is 0. The zero-order chi connectivity index (χ0) is 19.8. The summed E-state index contributed by atoms with van der Waals surface area (Å²) in [4.78, 5) is 47.3. The molecule has 1 unspecified atom stereocenters. The van der Waals surface area contributed by atoms with Gasteiger partial charge in [-0.05, 0) is 25.5 Å². The molecular weight excluding hydrogens is 360 g/mol. The summed E-state index contributed by atoms with van der Waals surface area (Å²) in [5.41, 5.74) is 2.65. The lowest BCUT2D eigenvalue weighted by Crippen LogP contribution is -2.49. The van der Waals surface area contributed by atoms with E-state index >= 15 is 0 Å². The summed E-state index contributed by atoms with van der Waals surface area (Å²) in [5.74, 6) is -0.392. The van der Waals surface area contributed by atoms with Gasteiger partial charge >= 0.3 is 5.97 Å². The molecule has 1 aromatic heterocycles. The Bertz CT molecular complexity index is 951. The number of nitrogens with zero attached hydrogens (tertiary/aromatic N) is 3. The van der Waals surface area contributed by atoms with Gasteiger partial charge in [0.25, 0.3) is 0 Å². The van der Waals surface area contributed by atoms with E-state index < -0.39 is 12.0 Å². The first-order chi connectivity index (χ1) is 13.4. The number of carbonyl (C=O) groups is 3. The Labute approximate surface area is 162 Å². The molecule has 2 aromatic rings. The molecule has 3 heterocycles. The van der Waals surface area contributed by atoms with Crippen LogP contribution in [-0.2, 0) is 22.6 Å². The summed E-state index contributed by atoms with van der Waals surface area (Å²) in [6.45, 7) is 3.39. The van der Waals surface area contributed by atoms with Gasteiger partial charge in [-0.1, -0.05) is 12.1 Å². The van der Waals surface area contributed by atoms with E-state index in [1.807, 2.05) is 0 Å². The summed E-state index contributed by atoms with van der Waals surface area (Å²) < 4.78 is 0. The van der Waals surface area contributed by atoms with Crippen molar-refractivity contribution >= 4 is 17.8 Å². The second-order valence-electron chi connectivity index (χ2n) is 7.27. The topological polar surface area (TPSA) is 107 Å². The van der Waals surface area contributed by atoms with Crippen LogP contribution in [0.4, 0.5) is 0 Å². The molecule has 1 atom stereocenters. The Balaban J connectivity index is 1.52. The maximum Gasteiger partial charge on any atom is 0.335 e. The summed E-state index contributed by atoms with van der Waals surface area (Å²) in [7, 11) is 0. The number of carboxylic acid groups (broad SMARTS) is 1. The van der Waals surface area contributed by atoms with Crippen molar-refractivity contribution in [3.8, 4) is 11.4 Å². The quantitative estimate of drug-likeness (QED) is 0.837. The predicted molar refractivity (Wildman–Crippen MR) is 101 cm³/mol. The van der Waals surface area contributed by atoms with E-state index in [9.17, 15) is 19.5 Å². The maximum atomic E-state index is 12.9. The van der Waals surface area contributed by atoms with Crippen molar-refractivity contribution in [2.24, 2.45) is 0 Å². The minimum Gasteiger partial charge on any atom is -0.478 e. The lowest BCUT2D eigenvalue weighted by molar-refractivity contribution is -0.143. The van der Waals surface area contributed by atoms with Crippen molar-refractivity contribution in [2.75, 3.05) is 13.1 Å².